The number of primary amides is 1. The number of nitrogens with zero attached hydrogens (tertiary/aromatic N) is 3. The fraction of sp³-hybridized carbons (Fsp3) is 0.552. The average molecular weight is 557 g/mol. The van der Waals surface area contributed by atoms with Gasteiger partial charge in [0.25, 0.3) is 5.91 Å². The lowest BCUT2D eigenvalue weighted by Gasteiger charge is -2.50. The van der Waals surface area contributed by atoms with Gasteiger partial charge < -0.3 is 31.1 Å². The fourth-order valence-corrected chi connectivity index (χ4v) is 6.93. The van der Waals surface area contributed by atoms with Crippen LogP contribution in [0.1, 0.15) is 48.7 Å². The minimum absolute atomic E-state index is 0.0147. The topological polar surface area (TPSA) is 168 Å². The van der Waals surface area contributed by atoms with E-state index in [2.05, 4.69) is 25.7 Å². The molecule has 40 heavy (non-hydrogen) atoms. The Hall–Kier alpha value is -3.41. The number of likely N-dealkylation sites (N-methyl/N-ethyl adjacent to an activating group) is 1. The lowest BCUT2D eigenvalue weighted by Crippen LogP contribution is -2.63. The van der Waals surface area contributed by atoms with Crippen molar-refractivity contribution in [2.24, 2.45) is 17.6 Å². The second-order valence-corrected chi connectivity index (χ2v) is 11.8. The summed E-state index contributed by atoms with van der Waals surface area (Å²) in [6.45, 7) is 7.56. The summed E-state index contributed by atoms with van der Waals surface area (Å²) in [7, 11) is 6.95. The second kappa shape index (κ2) is 10.2. The molecule has 3 aliphatic rings. The Labute approximate surface area is 234 Å². The molecule has 1 amide bonds. The summed E-state index contributed by atoms with van der Waals surface area (Å²) in [6.07, 6.45) is 0.300. The summed E-state index contributed by atoms with van der Waals surface area (Å²) < 4.78 is 0. The van der Waals surface area contributed by atoms with Crippen LogP contribution in [0.2, 0.25) is 0 Å². The molecule has 4 rings (SSSR count). The van der Waals surface area contributed by atoms with Gasteiger partial charge in [0.15, 0.2) is 11.4 Å². The smallest absolute Gasteiger partial charge is 0.255 e. The number of fused-ring (bicyclic) bond motifs is 3. The van der Waals surface area contributed by atoms with E-state index in [1.165, 1.54) is 4.90 Å². The number of anilines is 1. The van der Waals surface area contributed by atoms with Crippen molar-refractivity contribution >= 4 is 23.2 Å². The highest BCUT2D eigenvalue weighted by Gasteiger charge is 2.63. The quantitative estimate of drug-likeness (QED) is 0.310. The number of amides is 1. The van der Waals surface area contributed by atoms with Gasteiger partial charge >= 0.3 is 0 Å². The van der Waals surface area contributed by atoms with Crippen LogP contribution >= 0.6 is 0 Å². The van der Waals surface area contributed by atoms with Crippen LogP contribution in [0.15, 0.2) is 28.7 Å². The number of aliphatic hydroxyl groups is 3. The predicted molar refractivity (Wildman–Crippen MR) is 149 cm³/mol. The highest BCUT2D eigenvalue weighted by Crippen LogP contribution is 2.53. The number of benzene rings is 1. The van der Waals surface area contributed by atoms with Gasteiger partial charge in [0.2, 0.25) is 5.78 Å². The van der Waals surface area contributed by atoms with Crippen LogP contribution in [-0.4, -0.2) is 100 Å². The second-order valence-electron chi connectivity index (χ2n) is 11.8. The van der Waals surface area contributed by atoms with E-state index in [1.54, 1.807) is 20.2 Å². The lowest BCUT2D eigenvalue weighted by molar-refractivity contribution is -0.148. The normalized spacial score (nSPS) is 26.4. The molecule has 1 aromatic rings. The molecule has 3 aliphatic carbocycles. The maximum Gasteiger partial charge on any atom is 0.255 e. The van der Waals surface area contributed by atoms with Gasteiger partial charge in [0, 0.05) is 43.9 Å². The number of aliphatic hydroxyl groups excluding tert-OH is 2. The Bertz CT molecular complexity index is 1350. The third kappa shape index (κ3) is 4.18. The molecule has 0 saturated heterocycles. The van der Waals surface area contributed by atoms with Gasteiger partial charge in [-0.2, -0.15) is 0 Å². The summed E-state index contributed by atoms with van der Waals surface area (Å²) in [5.74, 6) is -6.55. The van der Waals surface area contributed by atoms with E-state index in [9.17, 15) is 34.8 Å². The van der Waals surface area contributed by atoms with Crippen molar-refractivity contribution in [1.82, 2.24) is 9.80 Å². The molecule has 0 saturated carbocycles. The Morgan fingerprint density at radius 2 is 1.77 bits per heavy atom. The first-order valence-corrected chi connectivity index (χ1v) is 13.5. The summed E-state index contributed by atoms with van der Waals surface area (Å²) in [5, 5.41) is 45.3. The van der Waals surface area contributed by atoms with Crippen LogP contribution in [0.5, 0.6) is 5.75 Å². The molecule has 6 N–H and O–H groups in total. The van der Waals surface area contributed by atoms with Gasteiger partial charge in [0.05, 0.1) is 11.6 Å². The first kappa shape index (κ1) is 29.6. The molecular weight excluding hydrogens is 516 g/mol. The highest BCUT2D eigenvalue weighted by molar-refractivity contribution is 6.24. The number of nitrogens with two attached hydrogens (primary N) is 1. The zero-order valence-corrected chi connectivity index (χ0v) is 24.1. The molecule has 0 fully saturated rings. The molecule has 0 bridgehead atoms. The average Bonchev–Trinajstić information content (AvgIpc) is 2.83. The number of phenols is 1. The lowest BCUT2D eigenvalue weighted by atomic mass is 9.58. The third-order valence-electron chi connectivity index (χ3n) is 8.73. The fourth-order valence-electron chi connectivity index (χ4n) is 6.93. The molecule has 0 spiro atoms. The van der Waals surface area contributed by atoms with Gasteiger partial charge in [-0.25, -0.2) is 0 Å². The zero-order valence-electron chi connectivity index (χ0n) is 24.1. The minimum Gasteiger partial charge on any atom is -0.510 e. The predicted octanol–water partition coefficient (Wildman–Crippen LogP) is 1.42. The van der Waals surface area contributed by atoms with Crippen LogP contribution in [0.4, 0.5) is 5.69 Å². The van der Waals surface area contributed by atoms with Crippen molar-refractivity contribution < 1.29 is 34.8 Å². The largest absolute Gasteiger partial charge is 0.510 e. The molecule has 0 radical (unpaired) electrons. The first-order chi connectivity index (χ1) is 18.6. The molecule has 218 valence electrons. The van der Waals surface area contributed by atoms with Gasteiger partial charge in [-0.3, -0.25) is 24.2 Å². The van der Waals surface area contributed by atoms with Crippen LogP contribution in [0, 0.1) is 11.8 Å². The van der Waals surface area contributed by atoms with Gasteiger partial charge in [-0.1, -0.05) is 6.92 Å². The molecule has 0 aliphatic heterocycles. The number of rotatable bonds is 7. The summed E-state index contributed by atoms with van der Waals surface area (Å²) >= 11 is 0. The molecule has 0 heterocycles. The Balaban J connectivity index is 1.94. The summed E-state index contributed by atoms with van der Waals surface area (Å²) in [4.78, 5) is 45.2. The molecule has 0 aromatic heterocycles. The number of aromatic hydroxyl groups is 1. The van der Waals surface area contributed by atoms with Gasteiger partial charge in [-0.15, -0.1) is 0 Å². The van der Waals surface area contributed by atoms with Crippen molar-refractivity contribution in [3.8, 4) is 5.75 Å². The van der Waals surface area contributed by atoms with Crippen molar-refractivity contribution in [3.05, 3.63) is 45.4 Å². The Morgan fingerprint density at radius 3 is 2.27 bits per heavy atom. The Morgan fingerprint density at radius 1 is 1.15 bits per heavy atom. The van der Waals surface area contributed by atoms with E-state index in [1.807, 2.05) is 19.0 Å². The molecule has 11 nitrogen and oxygen atoms in total. The molecule has 1 aromatic carbocycles. The number of Topliss-reactive ketones (excluding diaryl/α,β-unsaturated/α-hetero) is 2. The van der Waals surface area contributed by atoms with E-state index in [4.69, 9.17) is 5.73 Å². The standard InChI is InChI=1S/C29H40N4O7/c1-8-33(13(2)3)12-15-11-18(34)20-16(22(15)31(4)5)9-14-10-17-23(32(6)7)25(36)21(28(30)39)27(38)29(17,40)26(37)19(14)24(20)35/h11,13-14,17,23,34,36-37,40H,8-10,12H2,1-7H3,(H2,30,39)/t14-,17-,23-,29-/m0/s1. The number of phenolic OH excluding ortho intramolecular Hbond substituents is 1. The monoisotopic (exact) mass is 556 g/mol. The number of allylic oxidation sites excluding steroid dienone is 1. The van der Waals surface area contributed by atoms with Crippen molar-refractivity contribution in [2.75, 3.05) is 39.6 Å². The van der Waals surface area contributed by atoms with Crippen molar-refractivity contribution in [3.63, 3.8) is 0 Å². The minimum atomic E-state index is -2.65. The maximum atomic E-state index is 14.0. The highest BCUT2D eigenvalue weighted by atomic mass is 16.3. The van der Waals surface area contributed by atoms with E-state index < -0.39 is 58.0 Å². The maximum absolute atomic E-state index is 14.0. The molecule has 11 heteroatoms. The van der Waals surface area contributed by atoms with Crippen LogP contribution in [-0.2, 0) is 22.6 Å². The number of ketones is 2. The first-order valence-electron chi connectivity index (χ1n) is 13.5. The van der Waals surface area contributed by atoms with Crippen LogP contribution in [0.3, 0.4) is 0 Å². The van der Waals surface area contributed by atoms with Gasteiger partial charge in [0.1, 0.15) is 22.8 Å². The third-order valence-corrected chi connectivity index (χ3v) is 8.73. The number of carbonyl (C=O) groups is 3. The summed E-state index contributed by atoms with van der Waals surface area (Å²) in [5.41, 5.74) is 4.04. The van der Waals surface area contributed by atoms with E-state index in [0.717, 1.165) is 17.8 Å². The number of carbonyl (C=O) groups excluding carboxylic acids is 3. The van der Waals surface area contributed by atoms with Crippen LogP contribution < -0.4 is 10.6 Å². The van der Waals surface area contributed by atoms with E-state index in [-0.39, 0.29) is 35.8 Å². The Kier molecular flexibility index (Phi) is 7.55. The molecule has 0 unspecified atom stereocenters. The number of hydrogen-bond acceptors (Lipinski definition) is 10. The van der Waals surface area contributed by atoms with E-state index in [0.29, 0.717) is 12.1 Å². The molecule has 4 atom stereocenters. The van der Waals surface area contributed by atoms with Gasteiger partial charge in [-0.05, 0) is 70.4 Å². The van der Waals surface area contributed by atoms with Crippen LogP contribution in [0.25, 0.3) is 0 Å². The van der Waals surface area contributed by atoms with Crippen molar-refractivity contribution in [1.29, 1.82) is 0 Å². The summed E-state index contributed by atoms with van der Waals surface area (Å²) in [6, 6.07) is 0.789. The zero-order chi connectivity index (χ0) is 30.0. The van der Waals surface area contributed by atoms with E-state index >= 15 is 0 Å². The SMILES string of the molecule is CCN(Cc1cc(O)c2c(c1N(C)C)C[C@H]1C[C@H]3[C@H](N(C)C)C(O)=C(C(N)=O)C(=O)[C@@]3(O)C(O)=C1C2=O)C(C)C. The van der Waals surface area contributed by atoms with Crippen molar-refractivity contribution in [2.45, 2.75) is 57.8 Å². The molecular formula is C29H40N4O7. The number of hydrogen-bond donors (Lipinski definition) is 5.